The molecule has 0 saturated heterocycles. The Balaban J connectivity index is 2.26. The van der Waals surface area contributed by atoms with Gasteiger partial charge in [-0.1, -0.05) is 0 Å². The highest BCUT2D eigenvalue weighted by molar-refractivity contribution is 5.80. The molecule has 1 amide bonds. The average Bonchev–Trinajstić information content (AvgIpc) is 2.74. The summed E-state index contributed by atoms with van der Waals surface area (Å²) in [5.74, 6) is 0.0818. The molecule has 0 atom stereocenters. The lowest BCUT2D eigenvalue weighted by Crippen LogP contribution is -2.22. The van der Waals surface area contributed by atoms with Gasteiger partial charge in [-0.15, -0.1) is 0 Å². The highest BCUT2D eigenvalue weighted by Crippen LogP contribution is 2.19. The van der Waals surface area contributed by atoms with E-state index in [1.54, 1.807) is 25.2 Å². The Morgan fingerprint density at radius 2 is 2.28 bits per heavy atom. The normalized spacial score (nSPS) is 10.8. The quantitative estimate of drug-likeness (QED) is 0.877. The van der Waals surface area contributed by atoms with E-state index in [4.69, 9.17) is 0 Å². The van der Waals surface area contributed by atoms with Crippen molar-refractivity contribution in [3.05, 3.63) is 30.1 Å². The molecule has 0 aliphatic carbocycles. The van der Waals surface area contributed by atoms with Gasteiger partial charge >= 0.3 is 0 Å². The SMILES string of the molecule is CN(C)C(=O)CCn1cc(CO)c2cccnc21. The maximum absolute atomic E-state index is 11.6. The molecule has 5 heteroatoms. The van der Waals surface area contributed by atoms with Gasteiger partial charge in [0.25, 0.3) is 0 Å². The van der Waals surface area contributed by atoms with Crippen LogP contribution in [0.5, 0.6) is 0 Å². The summed E-state index contributed by atoms with van der Waals surface area (Å²) in [6.07, 6.45) is 4.01. The van der Waals surface area contributed by atoms with E-state index in [1.807, 2.05) is 22.9 Å². The van der Waals surface area contributed by atoms with Gasteiger partial charge in [0.05, 0.1) is 6.61 Å². The van der Waals surface area contributed by atoms with Gasteiger partial charge in [0.1, 0.15) is 5.65 Å². The third-order valence-electron chi connectivity index (χ3n) is 2.95. The second kappa shape index (κ2) is 5.18. The smallest absolute Gasteiger partial charge is 0.223 e. The molecular formula is C13H17N3O2. The Morgan fingerprint density at radius 3 is 2.94 bits per heavy atom. The van der Waals surface area contributed by atoms with Crippen molar-refractivity contribution in [3.8, 4) is 0 Å². The van der Waals surface area contributed by atoms with E-state index in [0.717, 1.165) is 16.6 Å². The fraction of sp³-hybridized carbons (Fsp3) is 0.385. The number of aromatic nitrogens is 2. The second-order valence-electron chi connectivity index (χ2n) is 4.42. The summed E-state index contributed by atoms with van der Waals surface area (Å²) in [4.78, 5) is 17.4. The average molecular weight is 247 g/mol. The van der Waals surface area contributed by atoms with Crippen LogP contribution in [-0.2, 0) is 17.9 Å². The topological polar surface area (TPSA) is 58.4 Å². The molecule has 0 aliphatic rings. The second-order valence-corrected chi connectivity index (χ2v) is 4.42. The zero-order chi connectivity index (χ0) is 13.1. The molecule has 0 aliphatic heterocycles. The number of fused-ring (bicyclic) bond motifs is 1. The van der Waals surface area contributed by atoms with Gasteiger partial charge in [-0.05, 0) is 12.1 Å². The van der Waals surface area contributed by atoms with Gasteiger partial charge in [-0.3, -0.25) is 4.79 Å². The van der Waals surface area contributed by atoms with Crippen LogP contribution in [-0.4, -0.2) is 39.6 Å². The first kappa shape index (κ1) is 12.6. The van der Waals surface area contributed by atoms with Crippen LogP contribution in [0.2, 0.25) is 0 Å². The van der Waals surface area contributed by atoms with Gasteiger partial charge in [-0.25, -0.2) is 4.98 Å². The van der Waals surface area contributed by atoms with Gasteiger partial charge in [-0.2, -0.15) is 0 Å². The number of hydrogen-bond acceptors (Lipinski definition) is 3. The fourth-order valence-electron chi connectivity index (χ4n) is 1.93. The first-order valence-electron chi connectivity index (χ1n) is 5.87. The zero-order valence-corrected chi connectivity index (χ0v) is 10.6. The van der Waals surface area contributed by atoms with E-state index in [-0.39, 0.29) is 12.5 Å². The van der Waals surface area contributed by atoms with Crippen LogP contribution < -0.4 is 0 Å². The standard InChI is InChI=1S/C13H17N3O2/c1-15(2)12(18)5-7-16-8-10(9-17)11-4-3-6-14-13(11)16/h3-4,6,8,17H,5,7,9H2,1-2H3. The van der Waals surface area contributed by atoms with Crippen molar-refractivity contribution in [2.45, 2.75) is 19.6 Å². The van der Waals surface area contributed by atoms with Crippen molar-refractivity contribution < 1.29 is 9.90 Å². The van der Waals surface area contributed by atoms with E-state index in [1.165, 1.54) is 0 Å². The molecule has 0 spiro atoms. The molecule has 0 radical (unpaired) electrons. The number of rotatable bonds is 4. The van der Waals surface area contributed by atoms with Crippen molar-refractivity contribution in [2.75, 3.05) is 14.1 Å². The predicted molar refractivity (Wildman–Crippen MR) is 69.0 cm³/mol. The number of carbonyl (C=O) groups excluding carboxylic acids is 1. The summed E-state index contributed by atoms with van der Waals surface area (Å²) < 4.78 is 1.92. The maximum atomic E-state index is 11.6. The Hall–Kier alpha value is -1.88. The number of aliphatic hydroxyl groups is 1. The van der Waals surface area contributed by atoms with Crippen molar-refractivity contribution in [3.63, 3.8) is 0 Å². The zero-order valence-electron chi connectivity index (χ0n) is 10.6. The van der Waals surface area contributed by atoms with Crippen molar-refractivity contribution >= 4 is 16.9 Å². The number of hydrogen-bond donors (Lipinski definition) is 1. The van der Waals surface area contributed by atoms with Crippen LogP contribution in [0.15, 0.2) is 24.5 Å². The van der Waals surface area contributed by atoms with Crippen molar-refractivity contribution in [1.82, 2.24) is 14.5 Å². The molecule has 2 aromatic rings. The summed E-state index contributed by atoms with van der Waals surface area (Å²) in [5, 5.41) is 10.2. The Kier molecular flexibility index (Phi) is 3.62. The molecule has 18 heavy (non-hydrogen) atoms. The molecule has 0 aromatic carbocycles. The number of amides is 1. The van der Waals surface area contributed by atoms with Crippen LogP contribution in [0.25, 0.3) is 11.0 Å². The van der Waals surface area contributed by atoms with Crippen molar-refractivity contribution in [2.24, 2.45) is 0 Å². The van der Waals surface area contributed by atoms with Crippen LogP contribution in [0, 0.1) is 0 Å². The minimum atomic E-state index is -0.0170. The minimum Gasteiger partial charge on any atom is -0.392 e. The van der Waals surface area contributed by atoms with Crippen LogP contribution in [0.4, 0.5) is 0 Å². The van der Waals surface area contributed by atoms with Crippen molar-refractivity contribution in [1.29, 1.82) is 0 Å². The first-order valence-corrected chi connectivity index (χ1v) is 5.87. The van der Waals surface area contributed by atoms with E-state index >= 15 is 0 Å². The highest BCUT2D eigenvalue weighted by atomic mass is 16.3. The summed E-state index contributed by atoms with van der Waals surface area (Å²) in [6.45, 7) is 0.557. The summed E-state index contributed by atoms with van der Waals surface area (Å²) in [6, 6.07) is 3.77. The third kappa shape index (κ3) is 2.36. The largest absolute Gasteiger partial charge is 0.392 e. The molecule has 0 saturated carbocycles. The molecule has 0 fully saturated rings. The van der Waals surface area contributed by atoms with E-state index in [0.29, 0.717) is 13.0 Å². The molecule has 1 N–H and O–H groups in total. The van der Waals surface area contributed by atoms with Gasteiger partial charge in [0.15, 0.2) is 0 Å². The first-order chi connectivity index (χ1) is 8.63. The maximum Gasteiger partial charge on any atom is 0.223 e. The fourth-order valence-corrected chi connectivity index (χ4v) is 1.93. The molecule has 2 heterocycles. The van der Waals surface area contributed by atoms with Crippen LogP contribution >= 0.6 is 0 Å². The minimum absolute atomic E-state index is 0.0170. The van der Waals surface area contributed by atoms with E-state index in [9.17, 15) is 9.90 Å². The van der Waals surface area contributed by atoms with Crippen LogP contribution in [0.3, 0.4) is 0 Å². The highest BCUT2D eigenvalue weighted by Gasteiger charge is 2.10. The molecule has 96 valence electrons. The summed E-state index contributed by atoms with van der Waals surface area (Å²) in [5.41, 5.74) is 1.66. The number of nitrogens with zero attached hydrogens (tertiary/aromatic N) is 3. The summed E-state index contributed by atoms with van der Waals surface area (Å²) in [7, 11) is 3.49. The number of aliphatic hydroxyl groups excluding tert-OH is 1. The van der Waals surface area contributed by atoms with E-state index in [2.05, 4.69) is 4.98 Å². The van der Waals surface area contributed by atoms with Gasteiger partial charge in [0.2, 0.25) is 5.91 Å². The number of aryl methyl sites for hydroxylation is 1. The van der Waals surface area contributed by atoms with Gasteiger partial charge in [0, 0.05) is 50.4 Å². The molecule has 0 unspecified atom stereocenters. The lowest BCUT2D eigenvalue weighted by molar-refractivity contribution is -0.128. The Bertz CT molecular complexity index is 560. The van der Waals surface area contributed by atoms with Gasteiger partial charge < -0.3 is 14.6 Å². The lowest BCUT2D eigenvalue weighted by Gasteiger charge is -2.10. The molecule has 2 aromatic heterocycles. The molecular weight excluding hydrogens is 230 g/mol. The monoisotopic (exact) mass is 247 g/mol. The van der Waals surface area contributed by atoms with E-state index < -0.39 is 0 Å². The third-order valence-corrected chi connectivity index (χ3v) is 2.95. The van der Waals surface area contributed by atoms with Crippen LogP contribution in [0.1, 0.15) is 12.0 Å². The molecule has 2 rings (SSSR count). The Morgan fingerprint density at radius 1 is 1.50 bits per heavy atom. The Labute approximate surface area is 106 Å². The lowest BCUT2D eigenvalue weighted by atomic mass is 10.2. The predicted octanol–water partition coefficient (Wildman–Crippen LogP) is 1.01. The molecule has 0 bridgehead atoms. The molecule has 5 nitrogen and oxygen atoms in total. The number of carbonyl (C=O) groups is 1. The number of pyridine rings is 1. The summed E-state index contributed by atoms with van der Waals surface area (Å²) >= 11 is 0.